The molecule has 19 atom stereocenters. The van der Waals surface area contributed by atoms with Crippen molar-refractivity contribution >= 4 is 5.97 Å². The van der Waals surface area contributed by atoms with Crippen molar-refractivity contribution in [3.05, 3.63) is 11.6 Å². The summed E-state index contributed by atoms with van der Waals surface area (Å²) in [4.78, 5) is 12.5. The number of aliphatic hydroxyl groups is 6. The lowest BCUT2D eigenvalue weighted by atomic mass is 9.46. The second-order valence-electron chi connectivity index (χ2n) is 15.5. The quantitative estimate of drug-likeness (QED) is 0.184. The fourth-order valence-corrected chi connectivity index (χ4v) is 10.8. The molecule has 6 fully saturated rings. The van der Waals surface area contributed by atoms with Gasteiger partial charge in [-0.1, -0.05) is 32.4 Å². The molecule has 7 aliphatic rings. The van der Waals surface area contributed by atoms with Gasteiger partial charge in [0.25, 0.3) is 0 Å². The summed E-state index contributed by atoms with van der Waals surface area (Å²) in [6, 6.07) is 0. The van der Waals surface area contributed by atoms with Crippen LogP contribution in [0, 0.1) is 40.4 Å². The number of carbonyl (C=O) groups is 1. The Kier molecular flexibility index (Phi) is 8.24. The molecule has 0 amide bonds. The Hall–Kier alpha value is -1.19. The first-order valence-corrected chi connectivity index (χ1v) is 16.8. The highest BCUT2D eigenvalue weighted by Gasteiger charge is 2.67. The van der Waals surface area contributed by atoms with Crippen LogP contribution >= 0.6 is 0 Å². The normalized spacial score (nSPS) is 57.7. The van der Waals surface area contributed by atoms with E-state index in [1.807, 2.05) is 6.92 Å². The monoisotopic (exact) mass is 638 g/mol. The summed E-state index contributed by atoms with van der Waals surface area (Å²) in [5, 5.41) is 63.6. The third kappa shape index (κ3) is 4.89. The Morgan fingerprint density at radius 1 is 0.911 bits per heavy atom. The van der Waals surface area contributed by atoms with Crippen LogP contribution in [0.25, 0.3) is 0 Å². The van der Waals surface area contributed by atoms with E-state index in [1.54, 1.807) is 0 Å². The first kappa shape index (κ1) is 32.4. The van der Waals surface area contributed by atoms with Crippen LogP contribution in [-0.2, 0) is 28.5 Å². The molecule has 12 heteroatoms. The number of esters is 1. The highest BCUT2D eigenvalue weighted by atomic mass is 16.8. The average molecular weight is 639 g/mol. The number of rotatable bonds is 4. The molecule has 0 bridgehead atoms. The molecular formula is C33H50O12. The molecule has 0 radical (unpaired) electrons. The van der Waals surface area contributed by atoms with Gasteiger partial charge in [0.1, 0.15) is 42.7 Å². The molecule has 254 valence electrons. The largest absolute Gasteiger partial charge is 0.462 e. The molecule has 0 unspecified atom stereocenters. The predicted octanol–water partition coefficient (Wildman–Crippen LogP) is 0.384. The molecule has 4 aliphatic carbocycles. The molecule has 0 aromatic rings. The summed E-state index contributed by atoms with van der Waals surface area (Å²) in [5.74, 6) is 1.02. The van der Waals surface area contributed by atoms with Gasteiger partial charge in [0, 0.05) is 17.8 Å². The molecule has 7 rings (SSSR count). The standard InChI is InChI=1S/C33H50O12/c1-13-23-21(43-29(13)40)11-19-17-6-5-15-9-16(34)10-22(33(15,4)18(17)7-8-32(19,23)3)44-31-28(25(37)20(35)12-41-31)45-30-27(39)26(38)24(36)14(2)42-30/h5,13-14,16-28,30-31,34-39H,6-12H2,1-4H3/t13-,14-,16+,17+,18-,19-,20-,21-,22+,23-,24-,25-,26+,27+,28+,30-,31-,32-,33-/m0/s1. The third-order valence-electron chi connectivity index (χ3n) is 13.2. The smallest absolute Gasteiger partial charge is 0.309 e. The van der Waals surface area contributed by atoms with E-state index in [2.05, 4.69) is 19.9 Å². The van der Waals surface area contributed by atoms with Gasteiger partial charge in [-0.15, -0.1) is 0 Å². The van der Waals surface area contributed by atoms with Crippen molar-refractivity contribution in [2.45, 2.75) is 140 Å². The van der Waals surface area contributed by atoms with Gasteiger partial charge in [-0.3, -0.25) is 4.79 Å². The van der Waals surface area contributed by atoms with Crippen molar-refractivity contribution in [3.63, 3.8) is 0 Å². The van der Waals surface area contributed by atoms with Crippen molar-refractivity contribution in [1.29, 1.82) is 0 Å². The van der Waals surface area contributed by atoms with Crippen LogP contribution in [0.15, 0.2) is 11.6 Å². The molecule has 3 aliphatic heterocycles. The molecule has 6 N–H and O–H groups in total. The van der Waals surface area contributed by atoms with E-state index in [-0.39, 0.29) is 41.8 Å². The zero-order valence-corrected chi connectivity index (χ0v) is 26.5. The van der Waals surface area contributed by atoms with Crippen LogP contribution in [0.4, 0.5) is 0 Å². The minimum atomic E-state index is -1.62. The summed E-state index contributed by atoms with van der Waals surface area (Å²) in [6.07, 6.45) is -6.32. The molecular weight excluding hydrogens is 588 g/mol. The SMILES string of the molecule is C[C@@H]1O[C@@H](O[C@H]2[C@H](O[C@@H]3C[C@H](O)CC4=CC[C@H]5[C@@H]6C[C@@H]7OC(=O)[C@@H](C)[C@@H]7[C@@]6(C)CC[C@@H]5[C@]43C)OC[C@H](O)[C@@H]2O)[C@H](O)[C@H](O)[C@H]1O. The summed E-state index contributed by atoms with van der Waals surface area (Å²) in [6.45, 7) is 7.89. The van der Waals surface area contributed by atoms with E-state index < -0.39 is 72.9 Å². The first-order valence-electron chi connectivity index (χ1n) is 16.8. The Bertz CT molecular complexity index is 1180. The summed E-state index contributed by atoms with van der Waals surface area (Å²) in [5.41, 5.74) is 0.708. The maximum atomic E-state index is 12.5. The van der Waals surface area contributed by atoms with Crippen LogP contribution in [0.1, 0.15) is 66.2 Å². The second kappa shape index (κ2) is 11.5. The summed E-state index contributed by atoms with van der Waals surface area (Å²) < 4.78 is 30.1. The van der Waals surface area contributed by atoms with Crippen LogP contribution in [-0.4, -0.2) is 117 Å². The van der Waals surface area contributed by atoms with Gasteiger partial charge in [0.15, 0.2) is 12.6 Å². The van der Waals surface area contributed by atoms with Crippen molar-refractivity contribution in [1.82, 2.24) is 0 Å². The van der Waals surface area contributed by atoms with Crippen LogP contribution in [0.5, 0.6) is 0 Å². The van der Waals surface area contributed by atoms with Gasteiger partial charge in [-0.25, -0.2) is 0 Å². The zero-order chi connectivity index (χ0) is 32.2. The summed E-state index contributed by atoms with van der Waals surface area (Å²) >= 11 is 0. The van der Waals surface area contributed by atoms with E-state index in [0.29, 0.717) is 24.7 Å². The predicted molar refractivity (Wildman–Crippen MR) is 155 cm³/mol. The van der Waals surface area contributed by atoms with Crippen LogP contribution in [0.3, 0.4) is 0 Å². The van der Waals surface area contributed by atoms with E-state index in [4.69, 9.17) is 23.7 Å². The molecule has 0 spiro atoms. The lowest BCUT2D eigenvalue weighted by molar-refractivity contribution is -0.362. The average Bonchev–Trinajstić information content (AvgIpc) is 3.46. The Morgan fingerprint density at radius 3 is 2.42 bits per heavy atom. The molecule has 3 saturated heterocycles. The molecule has 3 heterocycles. The minimum Gasteiger partial charge on any atom is -0.462 e. The van der Waals surface area contributed by atoms with E-state index >= 15 is 0 Å². The van der Waals surface area contributed by atoms with Gasteiger partial charge in [-0.05, 0) is 62.2 Å². The van der Waals surface area contributed by atoms with E-state index in [1.165, 1.54) is 6.92 Å². The van der Waals surface area contributed by atoms with Crippen LogP contribution < -0.4 is 0 Å². The molecule has 0 aromatic heterocycles. The molecule has 0 aromatic carbocycles. The number of allylic oxidation sites excluding steroid dienone is 1. The van der Waals surface area contributed by atoms with Gasteiger partial charge in [-0.2, -0.15) is 0 Å². The zero-order valence-electron chi connectivity index (χ0n) is 26.5. The van der Waals surface area contributed by atoms with E-state index in [9.17, 15) is 35.4 Å². The number of aliphatic hydroxyl groups excluding tert-OH is 6. The second-order valence-corrected chi connectivity index (χ2v) is 15.5. The maximum absolute atomic E-state index is 12.5. The molecule has 45 heavy (non-hydrogen) atoms. The highest BCUT2D eigenvalue weighted by Crippen LogP contribution is 2.69. The molecule has 3 saturated carbocycles. The number of carbonyl (C=O) groups excluding carboxylic acids is 1. The van der Waals surface area contributed by atoms with Crippen molar-refractivity contribution in [2.75, 3.05) is 6.61 Å². The fraction of sp³-hybridized carbons (Fsp3) is 0.909. The van der Waals surface area contributed by atoms with Crippen LogP contribution in [0.2, 0.25) is 0 Å². The Morgan fingerprint density at radius 2 is 1.67 bits per heavy atom. The van der Waals surface area contributed by atoms with Crippen molar-refractivity contribution in [3.8, 4) is 0 Å². The maximum Gasteiger partial charge on any atom is 0.309 e. The Balaban J connectivity index is 1.15. The first-order chi connectivity index (χ1) is 21.2. The molecule has 12 nitrogen and oxygen atoms in total. The topological polar surface area (TPSA) is 185 Å². The van der Waals surface area contributed by atoms with Crippen molar-refractivity contribution in [2.24, 2.45) is 40.4 Å². The lowest BCUT2D eigenvalue weighted by Crippen LogP contribution is -2.63. The number of ether oxygens (including phenoxy) is 5. The highest BCUT2D eigenvalue weighted by molar-refractivity contribution is 5.75. The minimum absolute atomic E-state index is 0.00538. The number of hydrogen-bond donors (Lipinski definition) is 6. The van der Waals surface area contributed by atoms with Gasteiger partial charge < -0.3 is 54.3 Å². The van der Waals surface area contributed by atoms with Gasteiger partial charge in [0.2, 0.25) is 0 Å². The lowest BCUT2D eigenvalue weighted by Gasteiger charge is -2.60. The fourth-order valence-electron chi connectivity index (χ4n) is 10.8. The summed E-state index contributed by atoms with van der Waals surface area (Å²) in [7, 11) is 0. The Labute approximate surface area is 263 Å². The van der Waals surface area contributed by atoms with Gasteiger partial charge in [0.05, 0.1) is 30.8 Å². The number of fused-ring (bicyclic) bond motifs is 7. The van der Waals surface area contributed by atoms with Gasteiger partial charge >= 0.3 is 5.97 Å². The van der Waals surface area contributed by atoms with Crippen molar-refractivity contribution < 1.29 is 59.1 Å². The number of hydrogen-bond acceptors (Lipinski definition) is 12. The van der Waals surface area contributed by atoms with E-state index in [0.717, 1.165) is 31.3 Å². The third-order valence-corrected chi connectivity index (χ3v) is 13.2.